The molecule has 0 bridgehead atoms. The van der Waals surface area contributed by atoms with E-state index in [0.29, 0.717) is 11.0 Å². The zero-order chi connectivity index (χ0) is 14.8. The number of aromatic nitrogens is 2. The van der Waals surface area contributed by atoms with Crippen LogP contribution in [-0.4, -0.2) is 37.4 Å². The molecule has 110 valence electrons. The Morgan fingerprint density at radius 1 is 1.19 bits per heavy atom. The first-order chi connectivity index (χ1) is 10.1. The minimum Gasteiger partial charge on any atom is -0.434 e. The molecular weight excluding hydrogens is 288 g/mol. The van der Waals surface area contributed by atoms with Crippen LogP contribution in [0.5, 0.6) is 11.6 Å². The Bertz CT molecular complexity index is 647. The molecule has 1 N–H and O–H groups in total. The molecule has 0 atom stereocenters. The second kappa shape index (κ2) is 5.87. The minimum atomic E-state index is 0.375. The number of quaternary nitrogens is 1. The molecule has 0 saturated heterocycles. The Morgan fingerprint density at radius 2 is 2.00 bits per heavy atom. The van der Waals surface area contributed by atoms with Crippen molar-refractivity contribution in [3.8, 4) is 11.6 Å². The average Bonchev–Trinajstić information content (AvgIpc) is 2.46. The van der Waals surface area contributed by atoms with Crippen LogP contribution in [-0.2, 0) is 0 Å². The fourth-order valence-electron chi connectivity index (χ4n) is 2.45. The van der Waals surface area contributed by atoms with Gasteiger partial charge in [0.15, 0.2) is 10.9 Å². The SMILES string of the molecule is C[NH+](C)CCCN1c2ccccc2Oc2nnc(Cl)cc21. The van der Waals surface area contributed by atoms with E-state index in [1.54, 1.807) is 0 Å². The Kier molecular flexibility index (Phi) is 3.94. The molecule has 1 aromatic heterocycles. The predicted molar refractivity (Wildman–Crippen MR) is 82.9 cm³/mol. The van der Waals surface area contributed by atoms with Crippen molar-refractivity contribution in [3.05, 3.63) is 35.5 Å². The van der Waals surface area contributed by atoms with E-state index in [1.165, 1.54) is 4.90 Å². The van der Waals surface area contributed by atoms with E-state index in [9.17, 15) is 0 Å². The van der Waals surface area contributed by atoms with Crippen LogP contribution < -0.4 is 14.5 Å². The molecule has 0 unspecified atom stereocenters. The maximum Gasteiger partial charge on any atom is 0.263 e. The zero-order valence-corrected chi connectivity index (χ0v) is 12.9. The lowest BCUT2D eigenvalue weighted by Gasteiger charge is -2.31. The van der Waals surface area contributed by atoms with Gasteiger partial charge in [-0.25, -0.2) is 0 Å². The molecule has 2 heterocycles. The molecule has 5 nitrogen and oxygen atoms in total. The summed E-state index contributed by atoms with van der Waals surface area (Å²) in [6, 6.07) is 9.76. The third-order valence-corrected chi connectivity index (χ3v) is 3.61. The lowest BCUT2D eigenvalue weighted by Crippen LogP contribution is -3.05. The van der Waals surface area contributed by atoms with Crippen molar-refractivity contribution < 1.29 is 9.64 Å². The number of benzene rings is 1. The topological polar surface area (TPSA) is 42.7 Å². The molecule has 2 aromatic rings. The van der Waals surface area contributed by atoms with Crippen molar-refractivity contribution in [2.24, 2.45) is 0 Å². The summed E-state index contributed by atoms with van der Waals surface area (Å²) in [4.78, 5) is 3.64. The van der Waals surface area contributed by atoms with Gasteiger partial charge in [0.25, 0.3) is 5.88 Å². The van der Waals surface area contributed by atoms with Gasteiger partial charge < -0.3 is 14.5 Å². The smallest absolute Gasteiger partial charge is 0.263 e. The van der Waals surface area contributed by atoms with Crippen LogP contribution in [0.15, 0.2) is 30.3 Å². The van der Waals surface area contributed by atoms with Crippen LogP contribution in [0.25, 0.3) is 0 Å². The molecule has 0 radical (unpaired) electrons. The van der Waals surface area contributed by atoms with E-state index in [-0.39, 0.29) is 0 Å². The van der Waals surface area contributed by atoms with Gasteiger partial charge in [-0.1, -0.05) is 23.7 Å². The Hall–Kier alpha value is -1.85. The second-order valence-electron chi connectivity index (χ2n) is 5.39. The highest BCUT2D eigenvalue weighted by atomic mass is 35.5. The molecule has 0 saturated carbocycles. The number of hydrogen-bond acceptors (Lipinski definition) is 4. The van der Waals surface area contributed by atoms with Gasteiger partial charge in [0.2, 0.25) is 0 Å². The highest BCUT2D eigenvalue weighted by Crippen LogP contribution is 2.45. The zero-order valence-electron chi connectivity index (χ0n) is 12.1. The van der Waals surface area contributed by atoms with Crippen molar-refractivity contribution in [3.63, 3.8) is 0 Å². The molecule has 21 heavy (non-hydrogen) atoms. The fraction of sp³-hybridized carbons (Fsp3) is 0.333. The maximum atomic E-state index is 5.99. The van der Waals surface area contributed by atoms with E-state index in [4.69, 9.17) is 16.3 Å². The van der Waals surface area contributed by atoms with Crippen LogP contribution in [0.4, 0.5) is 11.4 Å². The molecule has 1 aromatic carbocycles. The van der Waals surface area contributed by atoms with Crippen LogP contribution >= 0.6 is 11.6 Å². The standard InChI is InChI=1S/C15H17ClN4O/c1-19(2)8-5-9-20-11-6-3-4-7-13(11)21-15-12(20)10-14(16)17-18-15/h3-4,6-7,10H,5,8-9H2,1-2H3/p+1. The van der Waals surface area contributed by atoms with E-state index < -0.39 is 0 Å². The molecule has 1 aliphatic heterocycles. The van der Waals surface area contributed by atoms with Crippen molar-refractivity contribution in [1.82, 2.24) is 10.2 Å². The van der Waals surface area contributed by atoms with Crippen LogP contribution in [0.3, 0.4) is 0 Å². The lowest BCUT2D eigenvalue weighted by atomic mass is 10.2. The van der Waals surface area contributed by atoms with Gasteiger partial charge >= 0.3 is 0 Å². The normalized spacial score (nSPS) is 12.9. The summed E-state index contributed by atoms with van der Waals surface area (Å²) in [5.74, 6) is 1.31. The van der Waals surface area contributed by atoms with Gasteiger partial charge in [-0.2, -0.15) is 0 Å². The summed E-state index contributed by atoms with van der Waals surface area (Å²) in [7, 11) is 4.31. The molecule has 0 amide bonds. The molecule has 1 aliphatic rings. The number of fused-ring (bicyclic) bond motifs is 2. The molecule has 0 fully saturated rings. The predicted octanol–water partition coefficient (Wildman–Crippen LogP) is 1.91. The summed E-state index contributed by atoms with van der Waals surface area (Å²) in [5, 5.41) is 8.30. The number of nitrogens with one attached hydrogen (secondary N) is 1. The number of halogens is 1. The quantitative estimate of drug-likeness (QED) is 0.937. The first-order valence-corrected chi connectivity index (χ1v) is 7.39. The van der Waals surface area contributed by atoms with Gasteiger partial charge in [0, 0.05) is 19.0 Å². The van der Waals surface area contributed by atoms with Gasteiger partial charge in [0.1, 0.15) is 5.69 Å². The van der Waals surface area contributed by atoms with E-state index >= 15 is 0 Å². The van der Waals surface area contributed by atoms with Crippen molar-refractivity contribution in [1.29, 1.82) is 0 Å². The van der Waals surface area contributed by atoms with Crippen LogP contribution in [0, 0.1) is 0 Å². The first kappa shape index (κ1) is 14.1. The maximum absolute atomic E-state index is 5.99. The Morgan fingerprint density at radius 3 is 2.81 bits per heavy atom. The van der Waals surface area contributed by atoms with E-state index in [1.807, 2.05) is 24.3 Å². The largest absolute Gasteiger partial charge is 0.434 e. The Labute approximate surface area is 129 Å². The fourth-order valence-corrected chi connectivity index (χ4v) is 2.59. The van der Waals surface area contributed by atoms with Crippen molar-refractivity contribution in [2.45, 2.75) is 6.42 Å². The number of rotatable bonds is 4. The van der Waals surface area contributed by atoms with E-state index in [2.05, 4.69) is 35.3 Å². The second-order valence-corrected chi connectivity index (χ2v) is 5.78. The highest BCUT2D eigenvalue weighted by Gasteiger charge is 2.25. The van der Waals surface area contributed by atoms with Crippen molar-refractivity contribution >= 4 is 23.0 Å². The summed E-state index contributed by atoms with van der Waals surface area (Å²) in [6.07, 6.45) is 1.07. The first-order valence-electron chi connectivity index (χ1n) is 7.02. The lowest BCUT2D eigenvalue weighted by molar-refractivity contribution is -0.858. The average molecular weight is 306 g/mol. The molecule has 6 heteroatoms. The van der Waals surface area contributed by atoms with Crippen LogP contribution in [0.2, 0.25) is 5.15 Å². The van der Waals surface area contributed by atoms with Gasteiger partial charge in [-0.05, 0) is 12.1 Å². The molecule has 3 rings (SSSR count). The Balaban J connectivity index is 1.94. The molecule has 0 spiro atoms. The van der Waals surface area contributed by atoms with Gasteiger partial charge in [-0.3, -0.25) is 0 Å². The highest BCUT2D eigenvalue weighted by molar-refractivity contribution is 6.29. The summed E-state index contributed by atoms with van der Waals surface area (Å²) < 4.78 is 5.81. The van der Waals surface area contributed by atoms with Crippen LogP contribution in [0.1, 0.15) is 6.42 Å². The van der Waals surface area contributed by atoms with E-state index in [0.717, 1.165) is 36.6 Å². The third-order valence-electron chi connectivity index (χ3n) is 3.42. The number of para-hydroxylation sites is 2. The number of anilines is 2. The number of ether oxygens (including phenoxy) is 1. The summed E-state index contributed by atoms with van der Waals surface area (Å²) in [6.45, 7) is 1.99. The number of nitrogens with zero attached hydrogens (tertiary/aromatic N) is 3. The van der Waals surface area contributed by atoms with Gasteiger partial charge in [0.05, 0.1) is 26.3 Å². The van der Waals surface area contributed by atoms with Crippen molar-refractivity contribution in [2.75, 3.05) is 32.1 Å². The number of hydrogen-bond donors (Lipinski definition) is 1. The summed E-state index contributed by atoms with van der Waals surface area (Å²) >= 11 is 5.99. The molecular formula is C15H18ClN4O+. The monoisotopic (exact) mass is 305 g/mol. The third kappa shape index (κ3) is 2.94. The minimum absolute atomic E-state index is 0.375. The summed E-state index contributed by atoms with van der Waals surface area (Å²) in [5.41, 5.74) is 1.92. The van der Waals surface area contributed by atoms with Gasteiger partial charge in [-0.15, -0.1) is 10.2 Å². The molecule has 0 aliphatic carbocycles.